The van der Waals surface area contributed by atoms with Crippen molar-refractivity contribution in [2.75, 3.05) is 5.32 Å². The average Bonchev–Trinajstić information content (AvgIpc) is 2.50. The summed E-state index contributed by atoms with van der Waals surface area (Å²) in [5.41, 5.74) is 1.76. The molecule has 2 rings (SSSR count). The highest BCUT2D eigenvalue weighted by Crippen LogP contribution is 2.27. The number of aryl methyl sites for hydroxylation is 2. The average molecular weight is 316 g/mol. The van der Waals surface area contributed by atoms with E-state index in [4.69, 9.17) is 0 Å². The quantitative estimate of drug-likeness (QED) is 0.879. The maximum absolute atomic E-state index is 12.6. The summed E-state index contributed by atoms with van der Waals surface area (Å²) in [5, 5.41) is 16.5. The monoisotopic (exact) mass is 316 g/mol. The van der Waals surface area contributed by atoms with Crippen LogP contribution in [0.2, 0.25) is 0 Å². The van der Waals surface area contributed by atoms with Gasteiger partial charge in [-0.25, -0.2) is 9.48 Å². The van der Waals surface area contributed by atoms with E-state index in [9.17, 15) is 14.7 Å². The number of carboxylic acids is 1. The maximum atomic E-state index is 12.6. The second-order valence-corrected chi connectivity index (χ2v) is 5.53. The van der Waals surface area contributed by atoms with Crippen LogP contribution in [0.5, 0.6) is 0 Å². The van der Waals surface area contributed by atoms with Gasteiger partial charge in [0.2, 0.25) is 0 Å². The van der Waals surface area contributed by atoms with Gasteiger partial charge in [-0.2, -0.15) is 5.10 Å². The van der Waals surface area contributed by atoms with Gasteiger partial charge in [-0.15, -0.1) is 0 Å². The van der Waals surface area contributed by atoms with Gasteiger partial charge in [-0.05, 0) is 31.4 Å². The van der Waals surface area contributed by atoms with Crippen LogP contribution in [-0.4, -0.2) is 25.8 Å². The number of rotatable bonds is 5. The number of aromatic nitrogens is 3. The van der Waals surface area contributed by atoms with Crippen molar-refractivity contribution in [3.63, 3.8) is 0 Å². The van der Waals surface area contributed by atoms with Gasteiger partial charge in [0.15, 0.2) is 5.69 Å². The lowest BCUT2D eigenvalue weighted by Crippen LogP contribution is -2.30. The molecule has 122 valence electrons. The van der Waals surface area contributed by atoms with E-state index in [0.717, 1.165) is 10.2 Å². The molecule has 2 aromatic rings. The molecule has 0 saturated heterocycles. The summed E-state index contributed by atoms with van der Waals surface area (Å²) in [6, 6.07) is 1.81. The number of anilines is 2. The van der Waals surface area contributed by atoms with Gasteiger partial charge in [-0.3, -0.25) is 9.78 Å². The summed E-state index contributed by atoms with van der Waals surface area (Å²) < 4.78 is 1.16. The Morgan fingerprint density at radius 2 is 2.13 bits per heavy atom. The molecule has 23 heavy (non-hydrogen) atoms. The van der Waals surface area contributed by atoms with E-state index in [2.05, 4.69) is 15.4 Å². The van der Waals surface area contributed by atoms with Gasteiger partial charge in [0.1, 0.15) is 5.69 Å². The van der Waals surface area contributed by atoms with E-state index >= 15 is 0 Å². The molecule has 2 aromatic heterocycles. The molecule has 0 saturated carbocycles. The van der Waals surface area contributed by atoms with E-state index in [0.29, 0.717) is 11.3 Å². The predicted molar refractivity (Wildman–Crippen MR) is 87.5 cm³/mol. The second kappa shape index (κ2) is 6.60. The Labute approximate surface area is 134 Å². The molecule has 0 radical (unpaired) electrons. The van der Waals surface area contributed by atoms with E-state index in [1.54, 1.807) is 19.3 Å². The third kappa shape index (κ3) is 3.23. The zero-order chi connectivity index (χ0) is 17.1. The summed E-state index contributed by atoms with van der Waals surface area (Å²) in [4.78, 5) is 28.2. The first-order valence-electron chi connectivity index (χ1n) is 7.42. The minimum absolute atomic E-state index is 0.106. The van der Waals surface area contributed by atoms with Crippen molar-refractivity contribution in [1.82, 2.24) is 14.8 Å². The van der Waals surface area contributed by atoms with Crippen molar-refractivity contribution in [2.45, 2.75) is 40.2 Å². The van der Waals surface area contributed by atoms with Crippen molar-refractivity contribution >= 4 is 17.3 Å². The zero-order valence-electron chi connectivity index (χ0n) is 13.6. The molecule has 0 aliphatic heterocycles. The van der Waals surface area contributed by atoms with Crippen LogP contribution >= 0.6 is 0 Å². The van der Waals surface area contributed by atoms with Crippen molar-refractivity contribution in [2.24, 2.45) is 0 Å². The van der Waals surface area contributed by atoms with Crippen LogP contribution in [0.1, 0.15) is 48.3 Å². The number of pyridine rings is 1. The fraction of sp³-hybridized carbons (Fsp3) is 0.375. The standard InChI is InChI=1S/C16H20N4O3/c1-5-20-15(21)13(18-11-8-17-7-6-10(11)4)12(9(2)3)14(19-20)16(22)23/h6-9,18H,5H2,1-4H3,(H,22,23). The minimum Gasteiger partial charge on any atom is -0.476 e. The van der Waals surface area contributed by atoms with E-state index in [1.165, 1.54) is 0 Å². The highest BCUT2D eigenvalue weighted by atomic mass is 16.4. The number of carboxylic acid groups (broad SMARTS) is 1. The van der Waals surface area contributed by atoms with Crippen LogP contribution in [0.25, 0.3) is 0 Å². The Balaban J connectivity index is 2.74. The molecular weight excluding hydrogens is 296 g/mol. The van der Waals surface area contributed by atoms with Gasteiger partial charge >= 0.3 is 5.97 Å². The predicted octanol–water partition coefficient (Wildman–Crippen LogP) is 2.53. The molecule has 0 aliphatic carbocycles. The molecular formula is C16H20N4O3. The molecule has 0 unspecified atom stereocenters. The summed E-state index contributed by atoms with van der Waals surface area (Å²) in [6.07, 6.45) is 3.26. The highest BCUT2D eigenvalue weighted by Gasteiger charge is 2.24. The fourth-order valence-corrected chi connectivity index (χ4v) is 2.37. The third-order valence-electron chi connectivity index (χ3n) is 3.57. The second-order valence-electron chi connectivity index (χ2n) is 5.53. The maximum Gasteiger partial charge on any atom is 0.356 e. The van der Waals surface area contributed by atoms with Crippen LogP contribution in [0, 0.1) is 6.92 Å². The Morgan fingerprint density at radius 3 is 2.65 bits per heavy atom. The fourth-order valence-electron chi connectivity index (χ4n) is 2.37. The van der Waals surface area contributed by atoms with Gasteiger partial charge < -0.3 is 10.4 Å². The molecule has 0 aromatic carbocycles. The molecule has 7 nitrogen and oxygen atoms in total. The molecule has 7 heteroatoms. The van der Waals surface area contributed by atoms with Gasteiger partial charge in [0.05, 0.1) is 11.9 Å². The molecule has 0 spiro atoms. The van der Waals surface area contributed by atoms with Crippen LogP contribution in [0.3, 0.4) is 0 Å². The van der Waals surface area contributed by atoms with Crippen molar-refractivity contribution in [3.05, 3.63) is 45.6 Å². The molecule has 2 heterocycles. The first-order valence-corrected chi connectivity index (χ1v) is 7.42. The number of hydrogen-bond acceptors (Lipinski definition) is 5. The first-order chi connectivity index (χ1) is 10.9. The number of carbonyl (C=O) groups is 1. The Hall–Kier alpha value is -2.70. The van der Waals surface area contributed by atoms with Crippen LogP contribution in [0.4, 0.5) is 11.4 Å². The smallest absolute Gasteiger partial charge is 0.356 e. The Morgan fingerprint density at radius 1 is 1.43 bits per heavy atom. The van der Waals surface area contributed by atoms with Crippen molar-refractivity contribution in [3.8, 4) is 0 Å². The van der Waals surface area contributed by atoms with Gasteiger partial charge in [0, 0.05) is 18.3 Å². The van der Waals surface area contributed by atoms with Gasteiger partial charge in [0.25, 0.3) is 5.56 Å². The number of aromatic carboxylic acids is 1. The highest BCUT2D eigenvalue weighted by molar-refractivity contribution is 5.89. The zero-order valence-corrected chi connectivity index (χ0v) is 13.6. The third-order valence-corrected chi connectivity index (χ3v) is 3.57. The lowest BCUT2D eigenvalue weighted by Gasteiger charge is -2.18. The van der Waals surface area contributed by atoms with Crippen molar-refractivity contribution < 1.29 is 9.90 Å². The molecule has 0 fully saturated rings. The number of nitrogens with one attached hydrogen (secondary N) is 1. The van der Waals surface area contributed by atoms with Gasteiger partial charge in [-0.1, -0.05) is 13.8 Å². The normalized spacial score (nSPS) is 10.8. The minimum atomic E-state index is -1.15. The lowest BCUT2D eigenvalue weighted by molar-refractivity contribution is 0.0685. The first kappa shape index (κ1) is 16.7. The summed E-state index contributed by atoms with van der Waals surface area (Å²) in [6.45, 7) is 7.59. The van der Waals surface area contributed by atoms with Crippen LogP contribution in [0.15, 0.2) is 23.3 Å². The van der Waals surface area contributed by atoms with Crippen LogP contribution in [-0.2, 0) is 6.54 Å². The SMILES string of the molecule is CCn1nc(C(=O)O)c(C(C)C)c(Nc2cnccc2C)c1=O. The Bertz CT molecular complexity index is 796. The molecule has 0 atom stereocenters. The molecule has 0 aliphatic rings. The molecule has 0 bridgehead atoms. The largest absolute Gasteiger partial charge is 0.476 e. The summed E-state index contributed by atoms with van der Waals surface area (Å²) in [5.74, 6) is -1.32. The Kier molecular flexibility index (Phi) is 4.78. The lowest BCUT2D eigenvalue weighted by atomic mass is 9.99. The summed E-state index contributed by atoms with van der Waals surface area (Å²) >= 11 is 0. The van der Waals surface area contributed by atoms with Crippen molar-refractivity contribution in [1.29, 1.82) is 0 Å². The summed E-state index contributed by atoms with van der Waals surface area (Å²) in [7, 11) is 0. The molecule has 2 N–H and O–H groups in total. The topological polar surface area (TPSA) is 97.1 Å². The van der Waals surface area contributed by atoms with E-state index < -0.39 is 5.97 Å². The number of nitrogens with zero attached hydrogens (tertiary/aromatic N) is 3. The van der Waals surface area contributed by atoms with E-state index in [-0.39, 0.29) is 29.4 Å². The van der Waals surface area contributed by atoms with E-state index in [1.807, 2.05) is 26.8 Å². The number of hydrogen-bond donors (Lipinski definition) is 2. The van der Waals surface area contributed by atoms with Crippen LogP contribution < -0.4 is 10.9 Å². The molecule has 0 amide bonds.